The Morgan fingerprint density at radius 3 is 2.67 bits per heavy atom. The molecule has 0 aromatic carbocycles. The van der Waals surface area contributed by atoms with Crippen LogP contribution in [0, 0.1) is 0 Å². The van der Waals surface area contributed by atoms with Crippen molar-refractivity contribution in [1.29, 1.82) is 0 Å². The van der Waals surface area contributed by atoms with E-state index < -0.39 is 18.1 Å². The van der Waals surface area contributed by atoms with Crippen molar-refractivity contribution in [2.75, 3.05) is 20.8 Å². The second-order valence-electron chi connectivity index (χ2n) is 2.63. The molecule has 3 atom stereocenters. The molecule has 0 spiro atoms. The van der Waals surface area contributed by atoms with Gasteiger partial charge in [-0.1, -0.05) is 0 Å². The molecule has 1 heterocycles. The third-order valence-corrected chi connectivity index (χ3v) is 1.96. The highest BCUT2D eigenvalue weighted by molar-refractivity contribution is 5.76. The molecule has 0 aromatic heterocycles. The number of carbonyl (C=O) groups is 1. The zero-order chi connectivity index (χ0) is 9.14. The summed E-state index contributed by atoms with van der Waals surface area (Å²) in [6.45, 7) is 0.345. The third kappa shape index (κ3) is 1.57. The molecule has 1 rings (SSSR count). The molecule has 5 heteroatoms. The molecular weight excluding hydrogens is 162 g/mol. The summed E-state index contributed by atoms with van der Waals surface area (Å²) < 4.78 is 14.6. The lowest BCUT2D eigenvalue weighted by Gasteiger charge is -2.14. The molecule has 1 aliphatic heterocycles. The average Bonchev–Trinajstić information content (AvgIpc) is 2.45. The summed E-state index contributed by atoms with van der Waals surface area (Å²) in [5.74, 6) is -0.443. The minimum absolute atomic E-state index is 0.214. The number of hydrogen-bond acceptors (Lipinski definition) is 5. The van der Waals surface area contributed by atoms with E-state index >= 15 is 0 Å². The maximum atomic E-state index is 11.0. The maximum Gasteiger partial charge on any atom is 0.336 e. The SMILES string of the molecule is COC(=O)[C@@H]1OC[C@@H](OC)[C@H]1N. The first-order valence-corrected chi connectivity index (χ1v) is 3.68. The first-order valence-electron chi connectivity index (χ1n) is 3.68. The molecule has 2 N–H and O–H groups in total. The van der Waals surface area contributed by atoms with Gasteiger partial charge in [-0.25, -0.2) is 4.79 Å². The molecule has 70 valence electrons. The number of methoxy groups -OCH3 is 2. The molecule has 0 aliphatic carbocycles. The van der Waals surface area contributed by atoms with Crippen molar-refractivity contribution < 1.29 is 19.0 Å². The van der Waals surface area contributed by atoms with E-state index in [1.807, 2.05) is 0 Å². The molecule has 1 saturated heterocycles. The van der Waals surface area contributed by atoms with E-state index in [9.17, 15) is 4.79 Å². The van der Waals surface area contributed by atoms with Gasteiger partial charge in [0.1, 0.15) is 0 Å². The highest BCUT2D eigenvalue weighted by Crippen LogP contribution is 2.15. The van der Waals surface area contributed by atoms with Gasteiger partial charge in [0.25, 0.3) is 0 Å². The van der Waals surface area contributed by atoms with Crippen LogP contribution in [0.15, 0.2) is 0 Å². The summed E-state index contributed by atoms with van der Waals surface area (Å²) in [5, 5.41) is 0. The zero-order valence-electron chi connectivity index (χ0n) is 7.15. The van der Waals surface area contributed by atoms with Gasteiger partial charge in [0.2, 0.25) is 0 Å². The summed E-state index contributed by atoms with van der Waals surface area (Å²) >= 11 is 0. The molecule has 0 saturated carbocycles. The van der Waals surface area contributed by atoms with Crippen LogP contribution in [0.2, 0.25) is 0 Å². The summed E-state index contributed by atoms with van der Waals surface area (Å²) in [5.41, 5.74) is 5.66. The fraction of sp³-hybridized carbons (Fsp3) is 0.857. The molecule has 0 bridgehead atoms. The van der Waals surface area contributed by atoms with Gasteiger partial charge < -0.3 is 19.9 Å². The second-order valence-corrected chi connectivity index (χ2v) is 2.63. The highest BCUT2D eigenvalue weighted by atomic mass is 16.6. The fourth-order valence-corrected chi connectivity index (χ4v) is 1.18. The predicted molar refractivity (Wildman–Crippen MR) is 40.5 cm³/mol. The van der Waals surface area contributed by atoms with Gasteiger partial charge in [0.15, 0.2) is 6.10 Å². The Kier molecular flexibility index (Phi) is 3.02. The molecule has 0 unspecified atom stereocenters. The smallest absolute Gasteiger partial charge is 0.336 e. The van der Waals surface area contributed by atoms with Crippen LogP contribution in [0.4, 0.5) is 0 Å². The average molecular weight is 175 g/mol. The zero-order valence-corrected chi connectivity index (χ0v) is 7.15. The normalized spacial score (nSPS) is 35.1. The first kappa shape index (κ1) is 9.44. The predicted octanol–water partition coefficient (Wildman–Crippen LogP) is -1.10. The quantitative estimate of drug-likeness (QED) is 0.539. The van der Waals surface area contributed by atoms with Gasteiger partial charge in [-0.05, 0) is 0 Å². The van der Waals surface area contributed by atoms with Crippen LogP contribution in [0.3, 0.4) is 0 Å². The second kappa shape index (κ2) is 3.84. The Balaban J connectivity index is 2.54. The number of esters is 1. The Morgan fingerprint density at radius 2 is 2.25 bits per heavy atom. The van der Waals surface area contributed by atoms with Crippen molar-refractivity contribution in [2.45, 2.75) is 18.2 Å². The molecule has 12 heavy (non-hydrogen) atoms. The summed E-state index contributed by atoms with van der Waals surface area (Å²) in [4.78, 5) is 11.0. The van der Waals surface area contributed by atoms with Crippen molar-refractivity contribution in [3.05, 3.63) is 0 Å². The monoisotopic (exact) mass is 175 g/mol. The van der Waals surface area contributed by atoms with Gasteiger partial charge in [0.05, 0.1) is 25.9 Å². The van der Waals surface area contributed by atoms with Gasteiger partial charge in [-0.15, -0.1) is 0 Å². The lowest BCUT2D eigenvalue weighted by Crippen LogP contribution is -2.44. The standard InChI is InChI=1S/C7H13NO4/c1-10-4-3-12-6(5(4)8)7(9)11-2/h4-6H,3,8H2,1-2H3/t4-,5-,6-/m1/s1. The molecule has 0 amide bonds. The summed E-state index contributed by atoms with van der Waals surface area (Å²) in [6, 6.07) is -0.428. The highest BCUT2D eigenvalue weighted by Gasteiger charge is 2.39. The maximum absolute atomic E-state index is 11.0. The molecule has 0 radical (unpaired) electrons. The third-order valence-electron chi connectivity index (χ3n) is 1.96. The lowest BCUT2D eigenvalue weighted by atomic mass is 10.1. The van der Waals surface area contributed by atoms with E-state index in [0.29, 0.717) is 6.61 Å². The van der Waals surface area contributed by atoms with Gasteiger partial charge in [-0.3, -0.25) is 0 Å². The van der Waals surface area contributed by atoms with Crippen molar-refractivity contribution in [2.24, 2.45) is 5.73 Å². The van der Waals surface area contributed by atoms with E-state index in [2.05, 4.69) is 4.74 Å². The summed E-state index contributed by atoms with van der Waals surface area (Å²) in [7, 11) is 2.84. The van der Waals surface area contributed by atoms with Crippen molar-refractivity contribution in [3.8, 4) is 0 Å². The fourth-order valence-electron chi connectivity index (χ4n) is 1.18. The van der Waals surface area contributed by atoms with E-state index in [-0.39, 0.29) is 6.10 Å². The van der Waals surface area contributed by atoms with Crippen LogP contribution >= 0.6 is 0 Å². The topological polar surface area (TPSA) is 70.8 Å². The lowest BCUT2D eigenvalue weighted by molar-refractivity contribution is -0.151. The molecule has 5 nitrogen and oxygen atoms in total. The van der Waals surface area contributed by atoms with Crippen LogP contribution in [-0.2, 0) is 19.0 Å². The Labute approximate surface area is 70.8 Å². The number of nitrogens with two attached hydrogens (primary N) is 1. The minimum Gasteiger partial charge on any atom is -0.467 e. The van der Waals surface area contributed by atoms with Crippen molar-refractivity contribution in [1.82, 2.24) is 0 Å². The van der Waals surface area contributed by atoms with Gasteiger partial charge in [0, 0.05) is 7.11 Å². The number of rotatable bonds is 2. The van der Waals surface area contributed by atoms with E-state index in [4.69, 9.17) is 15.2 Å². The van der Waals surface area contributed by atoms with Crippen LogP contribution in [-0.4, -0.2) is 45.0 Å². The molecule has 0 aromatic rings. The Bertz CT molecular complexity index is 173. The van der Waals surface area contributed by atoms with Crippen LogP contribution in [0.5, 0.6) is 0 Å². The van der Waals surface area contributed by atoms with Gasteiger partial charge >= 0.3 is 5.97 Å². The first-order chi connectivity index (χ1) is 5.70. The van der Waals surface area contributed by atoms with E-state index in [0.717, 1.165) is 0 Å². The Morgan fingerprint density at radius 1 is 1.58 bits per heavy atom. The number of ether oxygens (including phenoxy) is 3. The van der Waals surface area contributed by atoms with Crippen molar-refractivity contribution in [3.63, 3.8) is 0 Å². The largest absolute Gasteiger partial charge is 0.467 e. The number of carbonyl (C=O) groups excluding carboxylic acids is 1. The van der Waals surface area contributed by atoms with Crippen LogP contribution in [0.25, 0.3) is 0 Å². The summed E-state index contributed by atoms with van der Waals surface area (Å²) in [6.07, 6.45) is -0.894. The number of hydrogen-bond donors (Lipinski definition) is 1. The van der Waals surface area contributed by atoms with Crippen LogP contribution in [0.1, 0.15) is 0 Å². The van der Waals surface area contributed by atoms with Gasteiger partial charge in [-0.2, -0.15) is 0 Å². The molecular formula is C7H13NO4. The molecule has 1 aliphatic rings. The minimum atomic E-state index is -0.681. The Hall–Kier alpha value is -0.650. The van der Waals surface area contributed by atoms with E-state index in [1.165, 1.54) is 14.2 Å². The molecule has 1 fully saturated rings. The van der Waals surface area contributed by atoms with E-state index in [1.54, 1.807) is 0 Å². The van der Waals surface area contributed by atoms with Crippen molar-refractivity contribution >= 4 is 5.97 Å². The van der Waals surface area contributed by atoms with Crippen LogP contribution < -0.4 is 5.73 Å².